The van der Waals surface area contributed by atoms with Gasteiger partial charge in [-0.05, 0) is 37.1 Å². The zero-order valence-electron chi connectivity index (χ0n) is 16.3. The minimum Gasteiger partial charge on any atom is -0.481 e. The van der Waals surface area contributed by atoms with E-state index >= 15 is 0 Å². The van der Waals surface area contributed by atoms with E-state index < -0.39 is 6.10 Å². The van der Waals surface area contributed by atoms with Gasteiger partial charge >= 0.3 is 5.97 Å². The van der Waals surface area contributed by atoms with E-state index in [1.54, 1.807) is 19.2 Å². The maximum Gasteiger partial charge on any atom is 0.311 e. The van der Waals surface area contributed by atoms with E-state index in [4.69, 9.17) is 9.47 Å². The molecule has 1 unspecified atom stereocenters. The van der Waals surface area contributed by atoms with E-state index in [2.05, 4.69) is 10.3 Å². The number of thiazole rings is 1. The normalized spacial score (nSPS) is 11.5. The van der Waals surface area contributed by atoms with Crippen molar-refractivity contribution in [1.29, 1.82) is 0 Å². The standard InChI is InChI=1S/C22H22N2O4S/c1-3-27-20(25)13-18-14-29-22(23-18)24-21(26)15(2)28-19-11-9-17(10-12-19)16-7-5-4-6-8-16/h4-12,14-15H,3,13H2,1-2H3,(H,23,24,26). The lowest BCUT2D eigenvalue weighted by Crippen LogP contribution is -2.30. The van der Waals surface area contributed by atoms with Crippen molar-refractivity contribution in [2.24, 2.45) is 0 Å². The third-order valence-corrected chi connectivity index (χ3v) is 4.86. The molecule has 0 aliphatic carbocycles. The SMILES string of the molecule is CCOC(=O)Cc1csc(NC(=O)C(C)Oc2ccc(-c3ccccc3)cc2)n1. The van der Waals surface area contributed by atoms with Gasteiger partial charge in [0, 0.05) is 5.38 Å². The second-order valence-electron chi connectivity index (χ2n) is 6.27. The van der Waals surface area contributed by atoms with Crippen LogP contribution in [-0.4, -0.2) is 29.6 Å². The number of rotatable bonds is 8. The topological polar surface area (TPSA) is 77.5 Å². The number of carbonyl (C=O) groups excluding carboxylic acids is 2. The molecule has 7 heteroatoms. The van der Waals surface area contributed by atoms with Gasteiger partial charge in [-0.3, -0.25) is 14.9 Å². The van der Waals surface area contributed by atoms with E-state index in [-0.39, 0.29) is 18.3 Å². The molecule has 0 saturated carbocycles. The first-order valence-electron chi connectivity index (χ1n) is 9.28. The molecule has 1 amide bonds. The Morgan fingerprint density at radius 1 is 1.07 bits per heavy atom. The van der Waals surface area contributed by atoms with Crippen molar-refractivity contribution in [3.8, 4) is 16.9 Å². The molecule has 0 spiro atoms. The van der Waals surface area contributed by atoms with Crippen LogP contribution in [0.15, 0.2) is 60.0 Å². The third-order valence-electron chi connectivity index (χ3n) is 4.06. The van der Waals surface area contributed by atoms with Crippen LogP contribution >= 0.6 is 11.3 Å². The first-order valence-corrected chi connectivity index (χ1v) is 10.2. The molecule has 3 rings (SSSR count). The van der Waals surface area contributed by atoms with Crippen LogP contribution in [0.2, 0.25) is 0 Å². The van der Waals surface area contributed by atoms with Gasteiger partial charge < -0.3 is 9.47 Å². The fourth-order valence-electron chi connectivity index (χ4n) is 2.63. The van der Waals surface area contributed by atoms with Crippen LogP contribution in [0.1, 0.15) is 19.5 Å². The van der Waals surface area contributed by atoms with Gasteiger partial charge in [-0.15, -0.1) is 11.3 Å². The molecule has 0 bridgehead atoms. The number of ether oxygens (including phenoxy) is 2. The van der Waals surface area contributed by atoms with Crippen LogP contribution in [0.25, 0.3) is 11.1 Å². The summed E-state index contributed by atoms with van der Waals surface area (Å²) in [6.07, 6.45) is -0.616. The second kappa shape index (κ2) is 9.84. The molecule has 1 N–H and O–H groups in total. The number of anilines is 1. The highest BCUT2D eigenvalue weighted by Crippen LogP contribution is 2.23. The molecule has 6 nitrogen and oxygen atoms in total. The Morgan fingerprint density at radius 2 is 1.76 bits per heavy atom. The van der Waals surface area contributed by atoms with Crippen LogP contribution in [0.4, 0.5) is 5.13 Å². The Bertz CT molecular complexity index is 954. The fraction of sp³-hybridized carbons (Fsp3) is 0.227. The summed E-state index contributed by atoms with van der Waals surface area (Å²) in [7, 11) is 0. The van der Waals surface area contributed by atoms with Crippen molar-refractivity contribution in [3.05, 3.63) is 65.7 Å². The highest BCUT2D eigenvalue weighted by Gasteiger charge is 2.17. The summed E-state index contributed by atoms with van der Waals surface area (Å²) in [6, 6.07) is 17.6. The van der Waals surface area contributed by atoms with Crippen LogP contribution in [0, 0.1) is 0 Å². The Labute approximate surface area is 173 Å². The van der Waals surface area contributed by atoms with Crippen LogP contribution in [0.5, 0.6) is 5.75 Å². The van der Waals surface area contributed by atoms with Crippen LogP contribution in [0.3, 0.4) is 0 Å². The molecule has 1 atom stereocenters. The lowest BCUT2D eigenvalue weighted by Gasteiger charge is -2.14. The van der Waals surface area contributed by atoms with Gasteiger partial charge in [-0.25, -0.2) is 4.98 Å². The molecule has 2 aromatic carbocycles. The van der Waals surface area contributed by atoms with E-state index in [0.29, 0.717) is 23.2 Å². The Balaban J connectivity index is 1.54. The van der Waals surface area contributed by atoms with Crippen molar-refractivity contribution < 1.29 is 19.1 Å². The van der Waals surface area contributed by atoms with Gasteiger partial charge in [0.25, 0.3) is 5.91 Å². The maximum absolute atomic E-state index is 12.4. The number of hydrogen-bond acceptors (Lipinski definition) is 6. The summed E-state index contributed by atoms with van der Waals surface area (Å²) in [4.78, 5) is 28.1. The van der Waals surface area contributed by atoms with Crippen LogP contribution in [-0.2, 0) is 20.7 Å². The summed E-state index contributed by atoms with van der Waals surface area (Å²) in [6.45, 7) is 3.75. The molecule has 150 valence electrons. The van der Waals surface area contributed by atoms with Crippen molar-refractivity contribution in [3.63, 3.8) is 0 Å². The highest BCUT2D eigenvalue weighted by atomic mass is 32.1. The van der Waals surface area contributed by atoms with Gasteiger partial charge in [-0.2, -0.15) is 0 Å². The fourth-order valence-corrected chi connectivity index (χ4v) is 3.34. The molecule has 1 aromatic heterocycles. The number of nitrogens with one attached hydrogen (secondary N) is 1. The molecular weight excluding hydrogens is 388 g/mol. The molecule has 29 heavy (non-hydrogen) atoms. The summed E-state index contributed by atoms with van der Waals surface area (Å²) >= 11 is 1.25. The zero-order valence-corrected chi connectivity index (χ0v) is 17.1. The minimum atomic E-state index is -0.699. The van der Waals surface area contributed by atoms with E-state index in [9.17, 15) is 9.59 Å². The van der Waals surface area contributed by atoms with Crippen LogP contribution < -0.4 is 10.1 Å². The summed E-state index contributed by atoms with van der Waals surface area (Å²) in [5, 5.41) is 4.86. The van der Waals surface area contributed by atoms with Gasteiger partial charge in [-0.1, -0.05) is 42.5 Å². The molecule has 0 aliphatic heterocycles. The van der Waals surface area contributed by atoms with Crippen molar-refractivity contribution in [1.82, 2.24) is 4.98 Å². The number of benzene rings is 2. The van der Waals surface area contributed by atoms with Crippen molar-refractivity contribution in [2.75, 3.05) is 11.9 Å². The molecule has 0 radical (unpaired) electrons. The number of amides is 1. The quantitative estimate of drug-likeness (QED) is 0.560. The number of esters is 1. The molecule has 0 aliphatic rings. The lowest BCUT2D eigenvalue weighted by molar-refractivity contribution is -0.142. The Hall–Kier alpha value is -3.19. The molecular formula is C22H22N2O4S. The predicted octanol–water partition coefficient (Wildman–Crippen LogP) is 4.32. The summed E-state index contributed by atoms with van der Waals surface area (Å²) in [5.41, 5.74) is 2.76. The highest BCUT2D eigenvalue weighted by molar-refractivity contribution is 7.13. The lowest BCUT2D eigenvalue weighted by atomic mass is 10.1. The summed E-state index contributed by atoms with van der Waals surface area (Å²) in [5.74, 6) is -0.0463. The zero-order chi connectivity index (χ0) is 20.6. The Kier molecular flexibility index (Phi) is 6.97. The Morgan fingerprint density at radius 3 is 2.45 bits per heavy atom. The monoisotopic (exact) mass is 410 g/mol. The number of carbonyl (C=O) groups is 2. The molecule has 1 heterocycles. The molecule has 0 saturated heterocycles. The minimum absolute atomic E-state index is 0.0834. The average molecular weight is 410 g/mol. The second-order valence-corrected chi connectivity index (χ2v) is 7.12. The van der Waals surface area contributed by atoms with E-state index in [0.717, 1.165) is 11.1 Å². The molecule has 0 fully saturated rings. The third kappa shape index (κ3) is 5.89. The predicted molar refractivity (Wildman–Crippen MR) is 113 cm³/mol. The van der Waals surface area contributed by atoms with Gasteiger partial charge in [0.2, 0.25) is 0 Å². The van der Waals surface area contributed by atoms with Gasteiger partial charge in [0.1, 0.15) is 5.75 Å². The smallest absolute Gasteiger partial charge is 0.311 e. The summed E-state index contributed by atoms with van der Waals surface area (Å²) < 4.78 is 10.6. The number of aromatic nitrogens is 1. The van der Waals surface area contributed by atoms with Gasteiger partial charge in [0.15, 0.2) is 11.2 Å². The molecule has 3 aromatic rings. The average Bonchev–Trinajstić information content (AvgIpc) is 3.16. The first kappa shape index (κ1) is 20.5. The first-order chi connectivity index (χ1) is 14.0. The number of hydrogen-bond donors (Lipinski definition) is 1. The largest absolute Gasteiger partial charge is 0.481 e. The van der Waals surface area contributed by atoms with Gasteiger partial charge in [0.05, 0.1) is 18.7 Å². The number of nitrogens with zero attached hydrogens (tertiary/aromatic N) is 1. The van der Waals surface area contributed by atoms with Crippen molar-refractivity contribution in [2.45, 2.75) is 26.4 Å². The van der Waals surface area contributed by atoms with E-state index in [1.807, 2.05) is 54.6 Å². The van der Waals surface area contributed by atoms with E-state index in [1.165, 1.54) is 11.3 Å². The maximum atomic E-state index is 12.4. The van der Waals surface area contributed by atoms with Crippen molar-refractivity contribution >= 4 is 28.3 Å².